The Bertz CT molecular complexity index is 818. The monoisotopic (exact) mass is 398 g/mol. The summed E-state index contributed by atoms with van der Waals surface area (Å²) in [6.45, 7) is 5.27. The highest BCUT2D eigenvalue weighted by molar-refractivity contribution is 5.96. The SMILES string of the molecule is CC(C)=C/C(=C\N(C)C=O)c1cc2c(c(OCC3CCCCO3)c1)NC(=O)CC2. The Morgan fingerprint density at radius 1 is 1.31 bits per heavy atom. The quantitative estimate of drug-likeness (QED) is 0.558. The smallest absolute Gasteiger partial charge is 0.224 e. The molecule has 156 valence electrons. The molecule has 2 amide bonds. The summed E-state index contributed by atoms with van der Waals surface area (Å²) in [7, 11) is 1.71. The maximum Gasteiger partial charge on any atom is 0.224 e. The Kier molecular flexibility index (Phi) is 7.09. The van der Waals surface area contributed by atoms with Crippen LogP contribution < -0.4 is 10.1 Å². The standard InChI is InChI=1S/C23H30N2O4/c1-16(2)10-19(13-25(3)15-26)18-11-17-7-8-22(27)24-23(17)21(12-18)29-14-20-6-4-5-9-28-20/h10-13,15,20H,4-9,14H2,1-3H3,(H,24,27)/b19-13+. The summed E-state index contributed by atoms with van der Waals surface area (Å²) in [5.74, 6) is 0.659. The summed E-state index contributed by atoms with van der Waals surface area (Å²) in [6, 6.07) is 4.01. The van der Waals surface area contributed by atoms with Crippen molar-refractivity contribution in [3.05, 3.63) is 41.1 Å². The van der Waals surface area contributed by atoms with Crippen LogP contribution in [0.25, 0.3) is 5.57 Å². The van der Waals surface area contributed by atoms with Crippen LogP contribution in [-0.4, -0.2) is 43.6 Å². The van der Waals surface area contributed by atoms with Crippen LogP contribution in [0.2, 0.25) is 0 Å². The van der Waals surface area contributed by atoms with Crippen LogP contribution in [0.1, 0.15) is 50.7 Å². The predicted octanol–water partition coefficient (Wildman–Crippen LogP) is 3.91. The molecule has 0 aromatic heterocycles. The minimum absolute atomic E-state index is 0.00442. The molecule has 1 unspecified atom stereocenters. The van der Waals surface area contributed by atoms with E-state index in [2.05, 4.69) is 11.4 Å². The van der Waals surface area contributed by atoms with E-state index in [-0.39, 0.29) is 12.0 Å². The number of ether oxygens (including phenoxy) is 2. The molecule has 2 heterocycles. The molecule has 0 aliphatic carbocycles. The zero-order valence-corrected chi connectivity index (χ0v) is 17.5. The first-order valence-electron chi connectivity index (χ1n) is 10.2. The molecule has 2 aliphatic rings. The van der Waals surface area contributed by atoms with Gasteiger partial charge in [0.25, 0.3) is 0 Å². The van der Waals surface area contributed by atoms with Gasteiger partial charge in [-0.25, -0.2) is 0 Å². The first kappa shape index (κ1) is 21.1. The summed E-state index contributed by atoms with van der Waals surface area (Å²) in [6.07, 6.45) is 9.04. The Hall–Kier alpha value is -2.60. The van der Waals surface area contributed by atoms with E-state index in [0.717, 1.165) is 60.2 Å². The molecule has 3 rings (SSSR count). The highest BCUT2D eigenvalue weighted by atomic mass is 16.5. The number of aryl methyl sites for hydroxylation is 1. The summed E-state index contributed by atoms with van der Waals surface area (Å²) in [5, 5.41) is 2.97. The lowest BCUT2D eigenvalue weighted by Gasteiger charge is -2.26. The second kappa shape index (κ2) is 9.74. The number of benzene rings is 1. The average Bonchev–Trinajstić information content (AvgIpc) is 2.71. The van der Waals surface area contributed by atoms with Gasteiger partial charge in [-0.05, 0) is 68.4 Å². The molecule has 0 radical (unpaired) electrons. The van der Waals surface area contributed by atoms with Crippen molar-refractivity contribution in [2.24, 2.45) is 0 Å². The summed E-state index contributed by atoms with van der Waals surface area (Å²) in [4.78, 5) is 24.6. The van der Waals surface area contributed by atoms with Gasteiger partial charge in [-0.3, -0.25) is 9.59 Å². The van der Waals surface area contributed by atoms with E-state index >= 15 is 0 Å². The van der Waals surface area contributed by atoms with Crippen molar-refractivity contribution in [2.75, 3.05) is 25.6 Å². The Labute approximate surface area is 172 Å². The first-order valence-corrected chi connectivity index (χ1v) is 10.2. The van der Waals surface area contributed by atoms with Gasteiger partial charge in [-0.2, -0.15) is 0 Å². The third-order valence-electron chi connectivity index (χ3n) is 5.05. The predicted molar refractivity (Wildman–Crippen MR) is 114 cm³/mol. The highest BCUT2D eigenvalue weighted by Gasteiger charge is 2.22. The molecular formula is C23H30N2O4. The van der Waals surface area contributed by atoms with Crippen LogP contribution in [0.3, 0.4) is 0 Å². The fourth-order valence-corrected chi connectivity index (χ4v) is 3.62. The summed E-state index contributed by atoms with van der Waals surface area (Å²) < 4.78 is 11.9. The number of anilines is 1. The molecule has 1 aromatic rings. The maximum absolute atomic E-state index is 12.0. The number of nitrogens with one attached hydrogen (secondary N) is 1. The van der Waals surface area contributed by atoms with E-state index in [1.54, 1.807) is 13.2 Å². The molecule has 6 heteroatoms. The van der Waals surface area contributed by atoms with E-state index in [1.165, 1.54) is 4.90 Å². The zero-order chi connectivity index (χ0) is 20.8. The van der Waals surface area contributed by atoms with E-state index in [9.17, 15) is 9.59 Å². The van der Waals surface area contributed by atoms with Gasteiger partial charge in [-0.1, -0.05) is 11.6 Å². The molecule has 0 bridgehead atoms. The number of carbonyl (C=O) groups is 2. The van der Waals surface area contributed by atoms with Gasteiger partial charge in [0.1, 0.15) is 12.4 Å². The van der Waals surface area contributed by atoms with Gasteiger partial charge in [0.05, 0.1) is 11.8 Å². The second-order valence-corrected chi connectivity index (χ2v) is 7.93. The Morgan fingerprint density at radius 2 is 2.14 bits per heavy atom. The number of amides is 2. The lowest BCUT2D eigenvalue weighted by Crippen LogP contribution is -2.27. The number of fused-ring (bicyclic) bond motifs is 1. The van der Waals surface area contributed by atoms with E-state index in [1.807, 2.05) is 26.0 Å². The molecule has 1 fully saturated rings. The Morgan fingerprint density at radius 3 is 2.83 bits per heavy atom. The molecule has 0 spiro atoms. The lowest BCUT2D eigenvalue weighted by atomic mass is 9.95. The first-order chi connectivity index (χ1) is 14.0. The maximum atomic E-state index is 12.0. The van der Waals surface area contributed by atoms with Crippen molar-refractivity contribution in [3.63, 3.8) is 0 Å². The molecule has 29 heavy (non-hydrogen) atoms. The number of hydrogen-bond acceptors (Lipinski definition) is 4. The van der Waals surface area contributed by atoms with Crippen molar-refractivity contribution in [2.45, 2.75) is 52.1 Å². The van der Waals surface area contributed by atoms with Crippen molar-refractivity contribution in [1.29, 1.82) is 0 Å². The number of rotatable bonds is 7. The Balaban J connectivity index is 1.96. The van der Waals surface area contributed by atoms with Gasteiger partial charge in [0, 0.05) is 26.3 Å². The van der Waals surface area contributed by atoms with Crippen LogP contribution in [0.4, 0.5) is 5.69 Å². The van der Waals surface area contributed by atoms with Gasteiger partial charge in [0.2, 0.25) is 12.3 Å². The average molecular weight is 399 g/mol. The van der Waals surface area contributed by atoms with Crippen molar-refractivity contribution in [3.8, 4) is 5.75 Å². The number of allylic oxidation sites excluding steroid dienone is 3. The summed E-state index contributed by atoms with van der Waals surface area (Å²) in [5.41, 5.74) is 4.79. The van der Waals surface area contributed by atoms with Crippen molar-refractivity contribution in [1.82, 2.24) is 4.90 Å². The van der Waals surface area contributed by atoms with E-state index < -0.39 is 0 Å². The molecular weight excluding hydrogens is 368 g/mol. The number of hydrogen-bond donors (Lipinski definition) is 1. The van der Waals surface area contributed by atoms with Crippen LogP contribution in [0.15, 0.2) is 30.0 Å². The molecule has 1 aromatic carbocycles. The van der Waals surface area contributed by atoms with Crippen LogP contribution in [-0.2, 0) is 20.7 Å². The second-order valence-electron chi connectivity index (χ2n) is 7.93. The minimum atomic E-state index is 0.00442. The van der Waals surface area contributed by atoms with Gasteiger partial charge < -0.3 is 19.7 Å². The van der Waals surface area contributed by atoms with Gasteiger partial charge in [-0.15, -0.1) is 0 Å². The number of nitrogens with zero attached hydrogens (tertiary/aromatic N) is 1. The van der Waals surface area contributed by atoms with Gasteiger partial charge in [0.15, 0.2) is 0 Å². The largest absolute Gasteiger partial charge is 0.489 e. The fourth-order valence-electron chi connectivity index (χ4n) is 3.62. The van der Waals surface area contributed by atoms with Crippen LogP contribution in [0, 0.1) is 0 Å². The third kappa shape index (κ3) is 5.70. The topological polar surface area (TPSA) is 67.9 Å². The molecule has 0 saturated carbocycles. The number of carbonyl (C=O) groups excluding carboxylic acids is 2. The lowest BCUT2D eigenvalue weighted by molar-refractivity contribution is -0.116. The van der Waals surface area contributed by atoms with E-state index in [0.29, 0.717) is 25.2 Å². The highest BCUT2D eigenvalue weighted by Crippen LogP contribution is 2.37. The summed E-state index contributed by atoms with van der Waals surface area (Å²) >= 11 is 0. The molecule has 6 nitrogen and oxygen atoms in total. The van der Waals surface area contributed by atoms with Crippen molar-refractivity contribution < 1.29 is 19.1 Å². The van der Waals surface area contributed by atoms with Crippen molar-refractivity contribution >= 4 is 23.6 Å². The third-order valence-corrected chi connectivity index (χ3v) is 5.05. The van der Waals surface area contributed by atoms with Crippen LogP contribution in [0.5, 0.6) is 5.75 Å². The van der Waals surface area contributed by atoms with Crippen LogP contribution >= 0.6 is 0 Å². The molecule has 1 atom stereocenters. The molecule has 1 N–H and O–H groups in total. The molecule has 2 aliphatic heterocycles. The van der Waals surface area contributed by atoms with Gasteiger partial charge >= 0.3 is 0 Å². The van der Waals surface area contributed by atoms with E-state index in [4.69, 9.17) is 9.47 Å². The zero-order valence-electron chi connectivity index (χ0n) is 17.5. The fraction of sp³-hybridized carbons (Fsp3) is 0.478. The minimum Gasteiger partial charge on any atom is -0.489 e. The molecule has 1 saturated heterocycles. The normalized spacial score (nSPS) is 19.1.